The highest BCUT2D eigenvalue weighted by molar-refractivity contribution is 6.31. The molecule has 0 aliphatic carbocycles. The average Bonchev–Trinajstić information content (AvgIpc) is 3.06. The van der Waals surface area contributed by atoms with Gasteiger partial charge in [0.05, 0.1) is 18.3 Å². The molecule has 0 atom stereocenters. The molecular formula is C19H16ClN3O2. The fourth-order valence-corrected chi connectivity index (χ4v) is 2.56. The van der Waals surface area contributed by atoms with Gasteiger partial charge in [-0.2, -0.15) is 5.10 Å². The second-order valence-electron chi connectivity index (χ2n) is 5.61. The van der Waals surface area contributed by atoms with Crippen molar-refractivity contribution < 1.29 is 9.59 Å². The summed E-state index contributed by atoms with van der Waals surface area (Å²) in [5, 5.41) is 7.65. The number of nitrogens with zero attached hydrogens (tertiary/aromatic N) is 2. The number of Topliss-reactive ketones (excluding diaryl/α,β-unsaturated/α-hetero) is 1. The van der Waals surface area contributed by atoms with E-state index in [4.69, 9.17) is 11.6 Å². The fraction of sp³-hybridized carbons (Fsp3) is 0.105. The quantitative estimate of drug-likeness (QED) is 0.704. The molecule has 0 aliphatic rings. The van der Waals surface area contributed by atoms with Gasteiger partial charge in [-0.15, -0.1) is 0 Å². The summed E-state index contributed by atoms with van der Waals surface area (Å²) in [6.45, 7) is 1.99. The van der Waals surface area contributed by atoms with E-state index in [1.165, 1.54) is 13.1 Å². The molecule has 0 spiro atoms. The molecule has 0 bridgehead atoms. The van der Waals surface area contributed by atoms with Gasteiger partial charge in [0.15, 0.2) is 5.78 Å². The van der Waals surface area contributed by atoms with Crippen LogP contribution in [-0.2, 0) is 6.54 Å². The van der Waals surface area contributed by atoms with Crippen molar-refractivity contribution in [2.75, 3.05) is 5.32 Å². The molecule has 5 nitrogen and oxygen atoms in total. The first kappa shape index (κ1) is 16.9. The van der Waals surface area contributed by atoms with Crippen LogP contribution in [0.2, 0.25) is 5.02 Å². The first-order valence-corrected chi connectivity index (χ1v) is 8.09. The third-order valence-corrected chi connectivity index (χ3v) is 4.10. The van der Waals surface area contributed by atoms with E-state index in [0.29, 0.717) is 28.4 Å². The molecule has 1 heterocycles. The Morgan fingerprint density at radius 3 is 2.48 bits per heavy atom. The zero-order valence-electron chi connectivity index (χ0n) is 13.6. The van der Waals surface area contributed by atoms with Gasteiger partial charge in [0.2, 0.25) is 0 Å². The van der Waals surface area contributed by atoms with E-state index in [0.717, 1.165) is 5.56 Å². The van der Waals surface area contributed by atoms with E-state index in [2.05, 4.69) is 10.4 Å². The monoisotopic (exact) mass is 353 g/mol. The number of rotatable bonds is 5. The zero-order valence-corrected chi connectivity index (χ0v) is 14.3. The van der Waals surface area contributed by atoms with Crippen LogP contribution in [0.15, 0.2) is 60.9 Å². The van der Waals surface area contributed by atoms with Crippen molar-refractivity contribution in [3.05, 3.63) is 82.6 Å². The summed E-state index contributed by atoms with van der Waals surface area (Å²) in [4.78, 5) is 23.6. The van der Waals surface area contributed by atoms with E-state index in [1.807, 2.05) is 24.3 Å². The number of carbonyl (C=O) groups is 2. The molecule has 3 rings (SSSR count). The minimum atomic E-state index is -0.263. The Bertz CT molecular complexity index is 916. The second-order valence-corrected chi connectivity index (χ2v) is 6.01. The Morgan fingerprint density at radius 2 is 1.80 bits per heavy atom. The number of hydrogen-bond acceptors (Lipinski definition) is 3. The number of nitrogens with one attached hydrogen (secondary N) is 1. The number of aromatic nitrogens is 2. The van der Waals surface area contributed by atoms with Gasteiger partial charge in [-0.1, -0.05) is 29.8 Å². The lowest BCUT2D eigenvalue weighted by Gasteiger charge is -2.05. The number of halogens is 1. The molecule has 0 saturated carbocycles. The van der Waals surface area contributed by atoms with Crippen molar-refractivity contribution in [2.24, 2.45) is 0 Å². The largest absolute Gasteiger partial charge is 0.322 e. The predicted molar refractivity (Wildman–Crippen MR) is 97.2 cm³/mol. The highest BCUT2D eigenvalue weighted by atomic mass is 35.5. The maximum atomic E-state index is 12.3. The highest BCUT2D eigenvalue weighted by Gasteiger charge is 2.10. The molecule has 2 aromatic carbocycles. The number of ketones is 1. The molecule has 1 aromatic heterocycles. The summed E-state index contributed by atoms with van der Waals surface area (Å²) >= 11 is 6.14. The van der Waals surface area contributed by atoms with Gasteiger partial charge >= 0.3 is 0 Å². The first-order valence-electron chi connectivity index (χ1n) is 7.71. The van der Waals surface area contributed by atoms with E-state index < -0.39 is 0 Å². The first-order chi connectivity index (χ1) is 12.0. The molecule has 0 fully saturated rings. The minimum absolute atomic E-state index is 0.0151. The summed E-state index contributed by atoms with van der Waals surface area (Å²) in [7, 11) is 0. The van der Waals surface area contributed by atoms with Gasteiger partial charge in [-0.05, 0) is 42.8 Å². The third kappa shape index (κ3) is 4.14. The zero-order chi connectivity index (χ0) is 17.8. The SMILES string of the molecule is CC(=O)c1ccc(NC(=O)c2cnn(Cc3ccccc3Cl)c2)cc1. The molecule has 1 amide bonds. The van der Waals surface area contributed by atoms with Crippen LogP contribution >= 0.6 is 11.6 Å². The summed E-state index contributed by atoms with van der Waals surface area (Å²) in [6.07, 6.45) is 3.18. The second kappa shape index (κ2) is 7.32. The minimum Gasteiger partial charge on any atom is -0.322 e. The standard InChI is InChI=1S/C19H16ClN3O2/c1-13(24)14-6-8-17(9-7-14)22-19(25)16-10-21-23(12-16)11-15-4-2-3-5-18(15)20/h2-10,12H,11H2,1H3,(H,22,25). The Kier molecular flexibility index (Phi) is 4.95. The molecule has 1 N–H and O–H groups in total. The third-order valence-electron chi connectivity index (χ3n) is 3.73. The lowest BCUT2D eigenvalue weighted by molar-refractivity contribution is 0.101. The van der Waals surface area contributed by atoms with Gasteiger partial charge in [-0.3, -0.25) is 14.3 Å². The number of amides is 1. The fourth-order valence-electron chi connectivity index (χ4n) is 2.36. The normalized spacial score (nSPS) is 10.5. The van der Waals surface area contributed by atoms with Gasteiger partial charge in [0, 0.05) is 22.5 Å². The van der Waals surface area contributed by atoms with Gasteiger partial charge in [-0.25, -0.2) is 0 Å². The summed E-state index contributed by atoms with van der Waals surface area (Å²) in [5.74, 6) is -0.278. The van der Waals surface area contributed by atoms with Crippen molar-refractivity contribution in [1.82, 2.24) is 9.78 Å². The van der Waals surface area contributed by atoms with E-state index in [1.54, 1.807) is 35.1 Å². The topological polar surface area (TPSA) is 64.0 Å². The molecule has 0 aliphatic heterocycles. The van der Waals surface area contributed by atoms with Crippen LogP contribution in [0.1, 0.15) is 33.2 Å². The molecular weight excluding hydrogens is 338 g/mol. The Morgan fingerprint density at radius 1 is 1.08 bits per heavy atom. The molecule has 3 aromatic rings. The molecule has 25 heavy (non-hydrogen) atoms. The summed E-state index contributed by atoms with van der Waals surface area (Å²) < 4.78 is 1.66. The van der Waals surface area contributed by atoms with Crippen molar-refractivity contribution >= 4 is 29.0 Å². The lowest BCUT2D eigenvalue weighted by Crippen LogP contribution is -2.11. The molecule has 0 radical (unpaired) electrons. The van der Waals surface area contributed by atoms with Crippen molar-refractivity contribution in [3.8, 4) is 0 Å². The molecule has 6 heteroatoms. The van der Waals surface area contributed by atoms with Crippen LogP contribution < -0.4 is 5.32 Å². The number of benzene rings is 2. The number of anilines is 1. The smallest absolute Gasteiger partial charge is 0.258 e. The van der Waals surface area contributed by atoms with Crippen LogP contribution in [-0.4, -0.2) is 21.5 Å². The van der Waals surface area contributed by atoms with Crippen LogP contribution in [0, 0.1) is 0 Å². The van der Waals surface area contributed by atoms with Gasteiger partial charge in [0.1, 0.15) is 0 Å². The van der Waals surface area contributed by atoms with Crippen LogP contribution in [0.5, 0.6) is 0 Å². The number of hydrogen-bond donors (Lipinski definition) is 1. The van der Waals surface area contributed by atoms with Crippen LogP contribution in [0.4, 0.5) is 5.69 Å². The molecule has 126 valence electrons. The lowest BCUT2D eigenvalue weighted by atomic mass is 10.1. The maximum absolute atomic E-state index is 12.3. The van der Waals surface area contributed by atoms with Crippen LogP contribution in [0.25, 0.3) is 0 Å². The molecule has 0 saturated heterocycles. The van der Waals surface area contributed by atoms with Crippen molar-refractivity contribution in [2.45, 2.75) is 13.5 Å². The highest BCUT2D eigenvalue weighted by Crippen LogP contribution is 2.16. The Hall–Kier alpha value is -2.92. The van der Waals surface area contributed by atoms with E-state index in [-0.39, 0.29) is 11.7 Å². The van der Waals surface area contributed by atoms with Crippen molar-refractivity contribution in [3.63, 3.8) is 0 Å². The molecule has 0 unspecified atom stereocenters. The van der Waals surface area contributed by atoms with Gasteiger partial charge < -0.3 is 5.32 Å². The van der Waals surface area contributed by atoms with Crippen LogP contribution in [0.3, 0.4) is 0 Å². The Labute approximate surface area is 150 Å². The van der Waals surface area contributed by atoms with Gasteiger partial charge in [0.25, 0.3) is 5.91 Å². The number of carbonyl (C=O) groups excluding carboxylic acids is 2. The Balaban J connectivity index is 1.68. The average molecular weight is 354 g/mol. The maximum Gasteiger partial charge on any atom is 0.258 e. The van der Waals surface area contributed by atoms with Crippen molar-refractivity contribution in [1.29, 1.82) is 0 Å². The summed E-state index contributed by atoms with van der Waals surface area (Å²) in [6, 6.07) is 14.3. The van der Waals surface area contributed by atoms with E-state index in [9.17, 15) is 9.59 Å². The summed E-state index contributed by atoms with van der Waals surface area (Å²) in [5.41, 5.74) is 2.60. The predicted octanol–water partition coefficient (Wildman–Crippen LogP) is 4.04. The van der Waals surface area contributed by atoms with E-state index >= 15 is 0 Å².